The third-order valence-electron chi connectivity index (χ3n) is 1.97. The zero-order chi connectivity index (χ0) is 9.64. The minimum atomic E-state index is -0.622. The van der Waals surface area contributed by atoms with Crippen LogP contribution >= 0.6 is 0 Å². The number of phenolic OH excluding ortho intramolecular Hbond substituents is 1. The Morgan fingerprint density at radius 1 is 1.15 bits per heavy atom. The van der Waals surface area contributed by atoms with E-state index in [4.69, 9.17) is 9.47 Å². The molecule has 0 aromatic heterocycles. The molecule has 1 heterocycles. The third-order valence-corrected chi connectivity index (χ3v) is 1.97. The molecule has 0 unspecified atom stereocenters. The zero-order valence-electron chi connectivity index (χ0n) is 7.92. The number of ether oxygens (including phenoxy) is 2. The molecule has 0 bridgehead atoms. The van der Waals surface area contributed by atoms with E-state index in [1.54, 1.807) is 12.1 Å². The lowest BCUT2D eigenvalue weighted by Crippen LogP contribution is -2.29. The van der Waals surface area contributed by atoms with Crippen LogP contribution in [0.15, 0.2) is 12.1 Å². The molecule has 3 heteroatoms. The highest BCUT2D eigenvalue weighted by molar-refractivity contribution is 5.51. The highest BCUT2D eigenvalue weighted by Gasteiger charge is 2.32. The maximum atomic E-state index is 9.42. The van der Waals surface area contributed by atoms with E-state index in [9.17, 15) is 5.11 Å². The van der Waals surface area contributed by atoms with Crippen molar-refractivity contribution in [1.82, 2.24) is 0 Å². The van der Waals surface area contributed by atoms with Crippen LogP contribution in [0.1, 0.15) is 19.4 Å². The number of aryl methyl sites for hydroxylation is 1. The minimum absolute atomic E-state index is 0.236. The minimum Gasteiger partial charge on any atom is -0.508 e. The number of hydrogen-bond acceptors (Lipinski definition) is 3. The van der Waals surface area contributed by atoms with Gasteiger partial charge in [0.05, 0.1) is 0 Å². The number of benzene rings is 1. The third kappa shape index (κ3) is 1.30. The van der Waals surface area contributed by atoms with Crippen molar-refractivity contribution in [3.8, 4) is 17.2 Å². The van der Waals surface area contributed by atoms with Crippen LogP contribution in [0, 0.1) is 6.92 Å². The smallest absolute Gasteiger partial charge is 0.246 e. The lowest BCUT2D eigenvalue weighted by Gasteiger charge is -2.16. The molecule has 1 aromatic carbocycles. The molecule has 1 aromatic rings. The summed E-state index contributed by atoms with van der Waals surface area (Å²) in [6, 6.07) is 3.36. The first-order chi connectivity index (χ1) is 5.98. The molecule has 70 valence electrons. The van der Waals surface area contributed by atoms with Gasteiger partial charge < -0.3 is 14.6 Å². The number of rotatable bonds is 0. The second kappa shape index (κ2) is 2.31. The van der Waals surface area contributed by atoms with Crippen molar-refractivity contribution in [2.24, 2.45) is 0 Å². The van der Waals surface area contributed by atoms with E-state index in [-0.39, 0.29) is 5.75 Å². The molecule has 0 atom stereocenters. The van der Waals surface area contributed by atoms with Gasteiger partial charge in [0.25, 0.3) is 0 Å². The van der Waals surface area contributed by atoms with Gasteiger partial charge in [-0.05, 0) is 18.6 Å². The van der Waals surface area contributed by atoms with E-state index in [0.717, 1.165) is 5.56 Å². The maximum Gasteiger partial charge on any atom is 0.246 e. The van der Waals surface area contributed by atoms with Crippen LogP contribution in [-0.2, 0) is 0 Å². The molecule has 0 amide bonds. The van der Waals surface area contributed by atoms with Crippen LogP contribution in [0.5, 0.6) is 17.2 Å². The Morgan fingerprint density at radius 3 is 2.31 bits per heavy atom. The second-order valence-electron chi connectivity index (χ2n) is 3.69. The fraction of sp³-hybridized carbons (Fsp3) is 0.400. The summed E-state index contributed by atoms with van der Waals surface area (Å²) in [5.41, 5.74) is 0.792. The Morgan fingerprint density at radius 2 is 1.69 bits per heavy atom. The maximum absolute atomic E-state index is 9.42. The van der Waals surface area contributed by atoms with Crippen LogP contribution in [-0.4, -0.2) is 10.9 Å². The van der Waals surface area contributed by atoms with Gasteiger partial charge in [-0.1, -0.05) is 0 Å². The van der Waals surface area contributed by atoms with Crippen molar-refractivity contribution in [3.63, 3.8) is 0 Å². The van der Waals surface area contributed by atoms with Crippen LogP contribution < -0.4 is 9.47 Å². The quantitative estimate of drug-likeness (QED) is 0.665. The van der Waals surface area contributed by atoms with E-state index in [2.05, 4.69) is 0 Å². The lowest BCUT2D eigenvalue weighted by atomic mass is 10.2. The van der Waals surface area contributed by atoms with Gasteiger partial charge in [-0.3, -0.25) is 0 Å². The molecule has 2 rings (SSSR count). The summed E-state index contributed by atoms with van der Waals surface area (Å²) < 4.78 is 10.9. The Balaban J connectivity index is 2.48. The fourth-order valence-electron chi connectivity index (χ4n) is 1.36. The monoisotopic (exact) mass is 180 g/mol. The van der Waals surface area contributed by atoms with Crippen molar-refractivity contribution in [1.29, 1.82) is 0 Å². The van der Waals surface area contributed by atoms with Gasteiger partial charge in [0.2, 0.25) is 5.79 Å². The van der Waals surface area contributed by atoms with Gasteiger partial charge in [0.15, 0.2) is 11.5 Å². The number of aromatic hydroxyl groups is 1. The standard InChI is InChI=1S/C10H12O3/c1-6-4-8-9(5-7(6)11)13-10(2,3)12-8/h4-5,11H,1-3H3. The second-order valence-corrected chi connectivity index (χ2v) is 3.69. The first-order valence-corrected chi connectivity index (χ1v) is 4.19. The average Bonchev–Trinajstić information content (AvgIpc) is 2.24. The Hall–Kier alpha value is -1.38. The molecular weight excluding hydrogens is 168 g/mol. The summed E-state index contributed by atoms with van der Waals surface area (Å²) in [6.07, 6.45) is 0. The topological polar surface area (TPSA) is 38.7 Å². The SMILES string of the molecule is Cc1cc2c(cc1O)OC(C)(C)O2. The average molecular weight is 180 g/mol. The zero-order valence-corrected chi connectivity index (χ0v) is 7.92. The molecule has 1 N–H and O–H groups in total. The largest absolute Gasteiger partial charge is 0.508 e. The van der Waals surface area contributed by atoms with E-state index in [1.165, 1.54) is 0 Å². The van der Waals surface area contributed by atoms with Gasteiger partial charge in [-0.2, -0.15) is 0 Å². The molecular formula is C10H12O3. The predicted octanol–water partition coefficient (Wildman–Crippen LogP) is 2.21. The summed E-state index contributed by atoms with van der Waals surface area (Å²) in [6.45, 7) is 5.49. The number of fused-ring (bicyclic) bond motifs is 1. The number of phenols is 1. The Labute approximate surface area is 76.9 Å². The molecule has 13 heavy (non-hydrogen) atoms. The molecule has 1 aliphatic heterocycles. The molecule has 0 spiro atoms. The first kappa shape index (κ1) is 8.23. The number of hydrogen-bond donors (Lipinski definition) is 1. The molecule has 1 aliphatic rings. The molecule has 0 aliphatic carbocycles. The molecule has 0 saturated heterocycles. The van der Waals surface area contributed by atoms with Crippen molar-refractivity contribution < 1.29 is 14.6 Å². The molecule has 0 fully saturated rings. The van der Waals surface area contributed by atoms with Gasteiger partial charge in [0, 0.05) is 19.9 Å². The normalized spacial score (nSPS) is 17.5. The fourth-order valence-corrected chi connectivity index (χ4v) is 1.36. The molecule has 3 nitrogen and oxygen atoms in total. The van der Waals surface area contributed by atoms with Crippen molar-refractivity contribution >= 4 is 0 Å². The summed E-state index contributed by atoms with van der Waals surface area (Å²) in [7, 11) is 0. The van der Waals surface area contributed by atoms with E-state index >= 15 is 0 Å². The summed E-state index contributed by atoms with van der Waals surface area (Å²) in [5.74, 6) is 0.913. The van der Waals surface area contributed by atoms with E-state index in [1.807, 2.05) is 20.8 Å². The molecule has 0 radical (unpaired) electrons. The predicted molar refractivity (Wildman–Crippen MR) is 48.2 cm³/mol. The summed E-state index contributed by atoms with van der Waals surface area (Å²) in [5, 5.41) is 9.42. The Kier molecular flexibility index (Phi) is 1.46. The summed E-state index contributed by atoms with van der Waals surface area (Å²) >= 11 is 0. The highest BCUT2D eigenvalue weighted by atomic mass is 16.7. The first-order valence-electron chi connectivity index (χ1n) is 4.19. The van der Waals surface area contributed by atoms with E-state index in [0.29, 0.717) is 11.5 Å². The van der Waals surface area contributed by atoms with Gasteiger partial charge in [-0.25, -0.2) is 0 Å². The van der Waals surface area contributed by atoms with Crippen LogP contribution in [0.2, 0.25) is 0 Å². The van der Waals surface area contributed by atoms with Gasteiger partial charge in [-0.15, -0.1) is 0 Å². The summed E-state index contributed by atoms with van der Waals surface area (Å²) in [4.78, 5) is 0. The van der Waals surface area contributed by atoms with Crippen LogP contribution in [0.3, 0.4) is 0 Å². The van der Waals surface area contributed by atoms with Crippen molar-refractivity contribution in [2.75, 3.05) is 0 Å². The molecule has 0 saturated carbocycles. The van der Waals surface area contributed by atoms with Crippen LogP contribution in [0.4, 0.5) is 0 Å². The van der Waals surface area contributed by atoms with Gasteiger partial charge in [0.1, 0.15) is 5.75 Å². The van der Waals surface area contributed by atoms with E-state index < -0.39 is 5.79 Å². The lowest BCUT2D eigenvalue weighted by molar-refractivity contribution is -0.0431. The van der Waals surface area contributed by atoms with Gasteiger partial charge >= 0.3 is 0 Å². The Bertz CT molecular complexity index is 322. The highest BCUT2D eigenvalue weighted by Crippen LogP contribution is 2.42. The van der Waals surface area contributed by atoms with Crippen molar-refractivity contribution in [3.05, 3.63) is 17.7 Å². The van der Waals surface area contributed by atoms with Crippen molar-refractivity contribution in [2.45, 2.75) is 26.6 Å². The van der Waals surface area contributed by atoms with Crippen LogP contribution in [0.25, 0.3) is 0 Å².